The van der Waals surface area contributed by atoms with Gasteiger partial charge in [-0.3, -0.25) is 4.79 Å². The monoisotopic (exact) mass is 493 g/mol. The van der Waals surface area contributed by atoms with Crippen LogP contribution in [0, 0.1) is 6.92 Å². The maximum absolute atomic E-state index is 12.9. The summed E-state index contributed by atoms with van der Waals surface area (Å²) in [5, 5.41) is 0.629. The van der Waals surface area contributed by atoms with E-state index in [4.69, 9.17) is 11.6 Å². The van der Waals surface area contributed by atoms with Crippen LogP contribution in [0.3, 0.4) is 0 Å². The molecule has 0 fully saturated rings. The molecule has 172 valence electrons. The predicted octanol–water partition coefficient (Wildman–Crippen LogP) is 5.24. The third-order valence-corrected chi connectivity index (χ3v) is 8.87. The lowest BCUT2D eigenvalue weighted by Crippen LogP contribution is -2.31. The Hall–Kier alpha value is -2.00. The molecule has 0 radical (unpaired) electrons. The van der Waals surface area contributed by atoms with Crippen LogP contribution in [-0.4, -0.2) is 36.3 Å². The number of thiazole rings is 1. The van der Waals surface area contributed by atoms with E-state index < -0.39 is 15.9 Å². The van der Waals surface area contributed by atoms with E-state index in [0.29, 0.717) is 35.0 Å². The summed E-state index contributed by atoms with van der Waals surface area (Å²) in [5.74, 6) is -0.421. The Morgan fingerprint density at radius 2 is 1.81 bits per heavy atom. The zero-order valence-corrected chi connectivity index (χ0v) is 21.1. The van der Waals surface area contributed by atoms with Crippen LogP contribution in [0.4, 0.5) is 0 Å². The molecule has 0 aliphatic carbocycles. The van der Waals surface area contributed by atoms with Crippen LogP contribution in [-0.2, 0) is 16.6 Å². The number of fused-ring (bicyclic) bond motifs is 1. The number of carbonyl (C=O) groups is 1. The summed E-state index contributed by atoms with van der Waals surface area (Å²) < 4.78 is 30.1. The summed E-state index contributed by atoms with van der Waals surface area (Å²) >= 11 is 7.74. The first kappa shape index (κ1) is 24.6. The van der Waals surface area contributed by atoms with E-state index in [9.17, 15) is 13.2 Å². The normalized spacial score (nSPS) is 12.8. The molecule has 9 heteroatoms. The molecule has 0 N–H and O–H groups in total. The highest BCUT2D eigenvalue weighted by molar-refractivity contribution is 7.89. The third kappa shape index (κ3) is 4.83. The predicted molar refractivity (Wildman–Crippen MR) is 131 cm³/mol. The topological polar surface area (TPSA) is 71.7 Å². The number of hydrogen-bond donors (Lipinski definition) is 0. The van der Waals surface area contributed by atoms with Crippen molar-refractivity contribution in [3.05, 3.63) is 57.3 Å². The Bertz CT molecular complexity index is 1290. The fraction of sp³-hybridized carbons (Fsp3) is 0.391. The van der Waals surface area contributed by atoms with Gasteiger partial charge >= 0.3 is 0 Å². The molecule has 6 nitrogen and oxygen atoms in total. The quantitative estimate of drug-likeness (QED) is 0.431. The SMILES string of the molecule is CCCCN(CC)S(=O)(=O)c1ccc(C(=O)N=c2sc3c(Cl)ccc(C)c3n2CC)cc1. The smallest absolute Gasteiger partial charge is 0.279 e. The molecule has 2 aromatic carbocycles. The molecular weight excluding hydrogens is 466 g/mol. The zero-order valence-electron chi connectivity index (χ0n) is 18.8. The van der Waals surface area contributed by atoms with Gasteiger partial charge in [-0.2, -0.15) is 9.30 Å². The number of nitrogens with zero attached hydrogens (tertiary/aromatic N) is 3. The maximum Gasteiger partial charge on any atom is 0.279 e. The fourth-order valence-electron chi connectivity index (χ4n) is 3.55. The lowest BCUT2D eigenvalue weighted by atomic mass is 10.2. The van der Waals surface area contributed by atoms with Crippen molar-refractivity contribution in [2.75, 3.05) is 13.1 Å². The fourth-order valence-corrected chi connectivity index (χ4v) is 6.48. The summed E-state index contributed by atoms with van der Waals surface area (Å²) in [7, 11) is -3.59. The molecule has 0 bridgehead atoms. The molecule has 32 heavy (non-hydrogen) atoms. The van der Waals surface area contributed by atoms with Crippen LogP contribution in [0.2, 0.25) is 5.02 Å². The third-order valence-electron chi connectivity index (χ3n) is 5.35. The molecule has 1 heterocycles. The highest BCUT2D eigenvalue weighted by atomic mass is 35.5. The molecule has 3 aromatic rings. The van der Waals surface area contributed by atoms with E-state index in [0.717, 1.165) is 28.6 Å². The number of sulfonamides is 1. The van der Waals surface area contributed by atoms with Crippen molar-refractivity contribution in [3.63, 3.8) is 0 Å². The van der Waals surface area contributed by atoms with Crippen LogP contribution < -0.4 is 4.80 Å². The minimum absolute atomic E-state index is 0.180. The average molecular weight is 494 g/mol. The minimum Gasteiger partial charge on any atom is -0.316 e. The molecular formula is C23H28ClN3O3S2. The molecule has 0 spiro atoms. The number of unbranched alkanes of at least 4 members (excludes halogenated alkanes) is 1. The van der Waals surface area contributed by atoms with Crippen molar-refractivity contribution >= 4 is 49.1 Å². The van der Waals surface area contributed by atoms with Crippen molar-refractivity contribution in [1.29, 1.82) is 0 Å². The number of aromatic nitrogens is 1. The molecule has 1 amide bonds. The summed E-state index contributed by atoms with van der Waals surface area (Å²) in [5.41, 5.74) is 2.38. The molecule has 0 aliphatic rings. The van der Waals surface area contributed by atoms with E-state index >= 15 is 0 Å². The van der Waals surface area contributed by atoms with Crippen molar-refractivity contribution in [2.45, 2.75) is 52.0 Å². The van der Waals surface area contributed by atoms with E-state index in [1.807, 2.05) is 44.4 Å². The largest absolute Gasteiger partial charge is 0.316 e. The van der Waals surface area contributed by atoms with Gasteiger partial charge in [-0.25, -0.2) is 8.42 Å². The van der Waals surface area contributed by atoms with Gasteiger partial charge in [0.25, 0.3) is 5.91 Å². The Kier molecular flexibility index (Phi) is 7.92. The highest BCUT2D eigenvalue weighted by Gasteiger charge is 2.22. The summed E-state index contributed by atoms with van der Waals surface area (Å²) in [6.07, 6.45) is 1.72. The molecule has 1 aromatic heterocycles. The second kappa shape index (κ2) is 10.3. The molecule has 3 rings (SSSR count). The van der Waals surface area contributed by atoms with Crippen LogP contribution in [0.5, 0.6) is 0 Å². The van der Waals surface area contributed by atoms with Crippen LogP contribution in [0.1, 0.15) is 49.5 Å². The van der Waals surface area contributed by atoms with Crippen molar-refractivity contribution < 1.29 is 13.2 Å². The van der Waals surface area contributed by atoms with Crippen molar-refractivity contribution in [3.8, 4) is 0 Å². The first-order valence-corrected chi connectivity index (χ1v) is 13.4. The number of rotatable bonds is 8. The summed E-state index contributed by atoms with van der Waals surface area (Å²) in [6, 6.07) is 9.80. The van der Waals surface area contributed by atoms with Gasteiger partial charge in [-0.15, -0.1) is 0 Å². The lowest BCUT2D eigenvalue weighted by molar-refractivity contribution is 0.0997. The second-order valence-electron chi connectivity index (χ2n) is 7.46. The van der Waals surface area contributed by atoms with Gasteiger partial charge in [-0.1, -0.05) is 49.3 Å². The number of aryl methyl sites for hydroxylation is 2. The van der Waals surface area contributed by atoms with E-state index in [1.165, 1.54) is 39.9 Å². The average Bonchev–Trinajstić information content (AvgIpc) is 3.16. The van der Waals surface area contributed by atoms with Gasteiger partial charge in [0.2, 0.25) is 10.0 Å². The molecule has 0 atom stereocenters. The van der Waals surface area contributed by atoms with Gasteiger partial charge < -0.3 is 4.57 Å². The Labute approximate surface area is 198 Å². The van der Waals surface area contributed by atoms with Crippen molar-refractivity contribution in [2.24, 2.45) is 4.99 Å². The first-order chi connectivity index (χ1) is 15.2. The summed E-state index contributed by atoms with van der Waals surface area (Å²) in [6.45, 7) is 9.38. The highest BCUT2D eigenvalue weighted by Crippen LogP contribution is 2.29. The number of hydrogen-bond acceptors (Lipinski definition) is 4. The van der Waals surface area contributed by atoms with Gasteiger partial charge in [0, 0.05) is 25.2 Å². The standard InChI is InChI=1S/C23H28ClN3O3S2/c1-5-8-15-26(6-2)32(29,30)18-12-10-17(11-13-18)22(28)25-23-27(7-3)20-16(4)9-14-19(24)21(20)31-23/h9-14H,5-8,15H2,1-4H3. The van der Waals surface area contributed by atoms with E-state index in [1.54, 1.807) is 0 Å². The minimum atomic E-state index is -3.59. The Morgan fingerprint density at radius 1 is 1.12 bits per heavy atom. The zero-order chi connectivity index (χ0) is 23.5. The second-order valence-corrected chi connectivity index (χ2v) is 10.8. The first-order valence-electron chi connectivity index (χ1n) is 10.7. The van der Waals surface area contributed by atoms with Crippen LogP contribution >= 0.6 is 22.9 Å². The van der Waals surface area contributed by atoms with Crippen molar-refractivity contribution in [1.82, 2.24) is 8.87 Å². The molecule has 0 aliphatic heterocycles. The summed E-state index contributed by atoms with van der Waals surface area (Å²) in [4.78, 5) is 17.9. The molecule has 0 saturated heterocycles. The number of halogens is 1. The van der Waals surface area contributed by atoms with Crippen LogP contribution in [0.25, 0.3) is 10.2 Å². The molecule has 0 unspecified atom stereocenters. The van der Waals surface area contributed by atoms with Gasteiger partial charge in [0.1, 0.15) is 0 Å². The Balaban J connectivity index is 1.96. The van der Waals surface area contributed by atoms with E-state index in [2.05, 4.69) is 4.99 Å². The van der Waals surface area contributed by atoms with Gasteiger partial charge in [-0.05, 0) is 56.2 Å². The lowest BCUT2D eigenvalue weighted by Gasteiger charge is -2.20. The maximum atomic E-state index is 12.9. The van der Waals surface area contributed by atoms with Crippen LogP contribution in [0.15, 0.2) is 46.3 Å². The molecule has 0 saturated carbocycles. The van der Waals surface area contributed by atoms with Gasteiger partial charge in [0.05, 0.1) is 20.1 Å². The number of amides is 1. The van der Waals surface area contributed by atoms with Gasteiger partial charge in [0.15, 0.2) is 4.80 Å². The number of carbonyl (C=O) groups excluding carboxylic acids is 1. The van der Waals surface area contributed by atoms with E-state index in [-0.39, 0.29) is 4.90 Å². The number of benzene rings is 2. The Morgan fingerprint density at radius 3 is 2.41 bits per heavy atom.